The van der Waals surface area contributed by atoms with Crippen LogP contribution in [0.15, 0.2) is 12.1 Å². The summed E-state index contributed by atoms with van der Waals surface area (Å²) in [5.41, 5.74) is 9.01. The second-order valence-electron chi connectivity index (χ2n) is 8.60. The fraction of sp³-hybridized carbons (Fsp3) is 0.769. The molecule has 1 aromatic carbocycles. The molecule has 2 heteroatoms. The molecule has 0 radical (unpaired) electrons. The number of hydrogen-bond acceptors (Lipinski definition) is 2. The minimum Gasteiger partial charge on any atom is -0.505 e. The summed E-state index contributed by atoms with van der Waals surface area (Å²) < 4.78 is 0. The molecule has 0 aliphatic rings. The van der Waals surface area contributed by atoms with Crippen LogP contribution in [0.5, 0.6) is 5.75 Å². The summed E-state index contributed by atoms with van der Waals surface area (Å²) in [5, 5.41) is 10.5. The predicted molar refractivity (Wildman–Crippen MR) is 125 cm³/mol. The van der Waals surface area contributed by atoms with E-state index in [4.69, 9.17) is 5.73 Å². The first-order chi connectivity index (χ1) is 13.7. The van der Waals surface area contributed by atoms with E-state index in [0.717, 1.165) is 30.4 Å². The third-order valence-electron chi connectivity index (χ3n) is 5.99. The zero-order valence-corrected chi connectivity index (χ0v) is 18.9. The van der Waals surface area contributed by atoms with Gasteiger partial charge in [-0.25, -0.2) is 0 Å². The second-order valence-corrected chi connectivity index (χ2v) is 8.60. The molecule has 0 spiro atoms. The molecule has 0 heterocycles. The molecule has 0 aliphatic carbocycles. The van der Waals surface area contributed by atoms with Gasteiger partial charge in [0.05, 0.1) is 5.69 Å². The van der Waals surface area contributed by atoms with Gasteiger partial charge in [-0.05, 0) is 36.8 Å². The van der Waals surface area contributed by atoms with Crippen molar-refractivity contribution in [2.24, 2.45) is 0 Å². The number of aryl methyl sites for hydroxylation is 2. The minimum absolute atomic E-state index is 0.347. The molecule has 0 aliphatic heterocycles. The van der Waals surface area contributed by atoms with Gasteiger partial charge in [-0.15, -0.1) is 0 Å². The van der Waals surface area contributed by atoms with E-state index in [1.165, 1.54) is 96.3 Å². The lowest BCUT2D eigenvalue weighted by molar-refractivity contribution is 0.467. The molecule has 0 aromatic heterocycles. The Morgan fingerprint density at radius 3 is 1.39 bits per heavy atom. The Bertz CT molecular complexity index is 452. The number of rotatable bonds is 18. The molecule has 0 fully saturated rings. The third kappa shape index (κ3) is 11.0. The molecule has 1 rings (SSSR count). The molecule has 0 saturated heterocycles. The van der Waals surface area contributed by atoms with Crippen LogP contribution in [-0.2, 0) is 12.8 Å². The molecule has 0 atom stereocenters. The minimum atomic E-state index is 0.347. The van der Waals surface area contributed by atoms with Crippen molar-refractivity contribution in [1.82, 2.24) is 0 Å². The SMILES string of the molecule is CCCCCCCCCCc1ccc(CCCCCCCCCC)c(O)c1N. The number of unbranched alkanes of at least 4 members (excludes halogenated alkanes) is 14. The van der Waals surface area contributed by atoms with E-state index >= 15 is 0 Å². The first-order valence-electron chi connectivity index (χ1n) is 12.3. The number of aromatic hydroxyl groups is 1. The number of nitrogens with two attached hydrogens (primary N) is 1. The van der Waals surface area contributed by atoms with E-state index < -0.39 is 0 Å². The molecule has 3 N–H and O–H groups in total. The molecule has 0 amide bonds. The number of phenolic OH excluding ortho intramolecular Hbond substituents is 1. The summed E-state index contributed by atoms with van der Waals surface area (Å²) in [4.78, 5) is 0. The molecule has 28 heavy (non-hydrogen) atoms. The van der Waals surface area contributed by atoms with Gasteiger partial charge < -0.3 is 10.8 Å². The standard InChI is InChI=1S/C26H47NO/c1-3-5-7-9-11-13-15-17-19-23-21-22-24(26(28)25(23)27)20-18-16-14-12-10-8-6-4-2/h21-22,28H,3-20,27H2,1-2H3. The van der Waals surface area contributed by atoms with Crippen molar-refractivity contribution >= 4 is 5.69 Å². The second kappa shape index (κ2) is 16.7. The Kier molecular flexibility index (Phi) is 14.9. The number of benzene rings is 1. The van der Waals surface area contributed by atoms with Crippen LogP contribution in [0.2, 0.25) is 0 Å². The highest BCUT2D eigenvalue weighted by Crippen LogP contribution is 2.31. The molecular weight excluding hydrogens is 342 g/mol. The van der Waals surface area contributed by atoms with Crippen molar-refractivity contribution in [3.05, 3.63) is 23.3 Å². The van der Waals surface area contributed by atoms with Gasteiger partial charge in [0.25, 0.3) is 0 Å². The number of anilines is 1. The zero-order valence-electron chi connectivity index (χ0n) is 18.9. The van der Waals surface area contributed by atoms with Crippen LogP contribution in [0.3, 0.4) is 0 Å². The summed E-state index contributed by atoms with van der Waals surface area (Å²) in [6, 6.07) is 4.25. The van der Waals surface area contributed by atoms with Crippen LogP contribution in [-0.4, -0.2) is 5.11 Å². The lowest BCUT2D eigenvalue weighted by atomic mass is 9.98. The lowest BCUT2D eigenvalue weighted by Crippen LogP contribution is -1.99. The van der Waals surface area contributed by atoms with E-state index in [-0.39, 0.29) is 0 Å². The summed E-state index contributed by atoms with van der Waals surface area (Å²) in [6.45, 7) is 4.53. The third-order valence-corrected chi connectivity index (χ3v) is 5.99. The smallest absolute Gasteiger partial charge is 0.141 e. The summed E-state index contributed by atoms with van der Waals surface area (Å²) in [7, 11) is 0. The molecule has 0 bridgehead atoms. The Morgan fingerprint density at radius 1 is 0.571 bits per heavy atom. The molecule has 0 saturated carbocycles. The quantitative estimate of drug-likeness (QED) is 0.150. The zero-order chi connectivity index (χ0) is 20.5. The number of phenols is 1. The average molecular weight is 390 g/mol. The van der Waals surface area contributed by atoms with Gasteiger partial charge in [-0.3, -0.25) is 0 Å². The van der Waals surface area contributed by atoms with Crippen LogP contribution in [0.25, 0.3) is 0 Å². The van der Waals surface area contributed by atoms with Gasteiger partial charge in [0.2, 0.25) is 0 Å². The summed E-state index contributed by atoms with van der Waals surface area (Å²) in [6.07, 6.45) is 23.1. The van der Waals surface area contributed by atoms with Crippen molar-refractivity contribution in [3.63, 3.8) is 0 Å². The van der Waals surface area contributed by atoms with E-state index in [1.54, 1.807) is 0 Å². The summed E-state index contributed by atoms with van der Waals surface area (Å²) in [5.74, 6) is 0.347. The van der Waals surface area contributed by atoms with Crippen LogP contribution in [0, 0.1) is 0 Å². The van der Waals surface area contributed by atoms with Gasteiger partial charge in [0, 0.05) is 0 Å². The van der Waals surface area contributed by atoms with Gasteiger partial charge in [-0.2, -0.15) is 0 Å². The maximum Gasteiger partial charge on any atom is 0.141 e. The first kappa shape index (κ1) is 24.9. The first-order valence-corrected chi connectivity index (χ1v) is 12.3. The van der Waals surface area contributed by atoms with Crippen molar-refractivity contribution < 1.29 is 5.11 Å². The molecule has 2 nitrogen and oxygen atoms in total. The normalized spacial score (nSPS) is 11.2. The lowest BCUT2D eigenvalue weighted by Gasteiger charge is -2.12. The Morgan fingerprint density at radius 2 is 0.929 bits per heavy atom. The van der Waals surface area contributed by atoms with E-state index in [1.807, 2.05) is 0 Å². The van der Waals surface area contributed by atoms with Crippen LogP contribution in [0.1, 0.15) is 128 Å². The van der Waals surface area contributed by atoms with Crippen molar-refractivity contribution in [3.8, 4) is 5.75 Å². The van der Waals surface area contributed by atoms with Gasteiger partial charge in [-0.1, -0.05) is 116 Å². The van der Waals surface area contributed by atoms with Crippen LogP contribution < -0.4 is 5.73 Å². The summed E-state index contributed by atoms with van der Waals surface area (Å²) >= 11 is 0. The Hall–Kier alpha value is -1.18. The number of nitrogen functional groups attached to an aromatic ring is 1. The monoisotopic (exact) mass is 389 g/mol. The fourth-order valence-electron chi connectivity index (χ4n) is 4.01. The van der Waals surface area contributed by atoms with Crippen molar-refractivity contribution in [2.75, 3.05) is 5.73 Å². The maximum atomic E-state index is 10.5. The van der Waals surface area contributed by atoms with E-state index in [0.29, 0.717) is 11.4 Å². The molecular formula is C26H47NO. The highest BCUT2D eigenvalue weighted by molar-refractivity contribution is 5.61. The van der Waals surface area contributed by atoms with Gasteiger partial charge >= 0.3 is 0 Å². The number of hydrogen-bond donors (Lipinski definition) is 2. The fourth-order valence-corrected chi connectivity index (χ4v) is 4.01. The molecule has 1 aromatic rings. The highest BCUT2D eigenvalue weighted by atomic mass is 16.3. The van der Waals surface area contributed by atoms with E-state index in [2.05, 4.69) is 26.0 Å². The average Bonchev–Trinajstić information content (AvgIpc) is 2.70. The van der Waals surface area contributed by atoms with Crippen LogP contribution >= 0.6 is 0 Å². The van der Waals surface area contributed by atoms with Crippen molar-refractivity contribution in [2.45, 2.75) is 129 Å². The highest BCUT2D eigenvalue weighted by Gasteiger charge is 2.09. The van der Waals surface area contributed by atoms with Gasteiger partial charge in [0.1, 0.15) is 5.75 Å². The Balaban J connectivity index is 2.21. The molecule has 162 valence electrons. The molecule has 0 unspecified atom stereocenters. The maximum absolute atomic E-state index is 10.5. The van der Waals surface area contributed by atoms with Crippen molar-refractivity contribution in [1.29, 1.82) is 0 Å². The largest absolute Gasteiger partial charge is 0.505 e. The van der Waals surface area contributed by atoms with E-state index in [9.17, 15) is 5.11 Å². The predicted octanol–water partition coefficient (Wildman–Crippen LogP) is 8.34. The van der Waals surface area contributed by atoms with Crippen LogP contribution in [0.4, 0.5) is 5.69 Å². The van der Waals surface area contributed by atoms with Gasteiger partial charge in [0.15, 0.2) is 0 Å². The Labute approximate surface area is 175 Å². The topological polar surface area (TPSA) is 46.2 Å².